The lowest BCUT2D eigenvalue weighted by Gasteiger charge is -2.25. The predicted octanol–water partition coefficient (Wildman–Crippen LogP) is 0.141. The van der Waals surface area contributed by atoms with Crippen molar-refractivity contribution < 1.29 is 15.3 Å². The summed E-state index contributed by atoms with van der Waals surface area (Å²) in [5.74, 6) is 0. The van der Waals surface area contributed by atoms with Crippen molar-refractivity contribution in [3.8, 4) is 0 Å². The van der Waals surface area contributed by atoms with E-state index in [1.165, 1.54) is 6.08 Å². The summed E-state index contributed by atoms with van der Waals surface area (Å²) in [4.78, 5) is 0. The minimum absolute atomic E-state index is 0.391. The smallest absolute Gasteiger partial charge is 0.108 e. The molecule has 72 valence electrons. The molecule has 1 rings (SSSR count). The summed E-state index contributed by atoms with van der Waals surface area (Å²) in [6.45, 7) is 5.25. The summed E-state index contributed by atoms with van der Waals surface area (Å²) in [6, 6.07) is 0. The number of allylic oxidation sites excluding steroid dienone is 2. The van der Waals surface area contributed by atoms with Gasteiger partial charge < -0.3 is 15.3 Å². The van der Waals surface area contributed by atoms with E-state index in [0.29, 0.717) is 11.1 Å². The molecule has 0 aliphatic heterocycles. The first-order valence-electron chi connectivity index (χ1n) is 4.12. The Balaban J connectivity index is 2.85. The molecular weight excluding hydrogens is 168 g/mol. The fraction of sp³-hybridized carbons (Fsp3) is 0.400. The molecule has 0 saturated carbocycles. The van der Waals surface area contributed by atoms with Crippen molar-refractivity contribution in [3.63, 3.8) is 0 Å². The minimum Gasteiger partial charge on any atom is -0.386 e. The Morgan fingerprint density at radius 2 is 2.15 bits per heavy atom. The third-order valence-corrected chi connectivity index (χ3v) is 2.04. The fourth-order valence-electron chi connectivity index (χ4n) is 1.22. The molecule has 0 aromatic carbocycles. The Morgan fingerprint density at radius 3 is 2.69 bits per heavy atom. The first-order chi connectivity index (χ1) is 6.04. The molecule has 0 fully saturated rings. The third kappa shape index (κ3) is 2.06. The van der Waals surface area contributed by atoms with Gasteiger partial charge in [0, 0.05) is 0 Å². The molecule has 3 atom stereocenters. The Morgan fingerprint density at radius 1 is 1.54 bits per heavy atom. The molecule has 3 nitrogen and oxygen atoms in total. The van der Waals surface area contributed by atoms with Crippen molar-refractivity contribution in [1.82, 2.24) is 0 Å². The van der Waals surface area contributed by atoms with Gasteiger partial charge >= 0.3 is 0 Å². The SMILES string of the molecule is C=C(C)[C@H](O)C1=CC=C[C@H](O)[C@@H]1O. The monoisotopic (exact) mass is 182 g/mol. The number of aliphatic hydroxyl groups excluding tert-OH is 3. The predicted molar refractivity (Wildman–Crippen MR) is 50.1 cm³/mol. The number of hydrogen-bond donors (Lipinski definition) is 3. The highest BCUT2D eigenvalue weighted by Gasteiger charge is 2.25. The molecule has 3 heteroatoms. The molecule has 3 N–H and O–H groups in total. The Kier molecular flexibility index (Phi) is 3.03. The van der Waals surface area contributed by atoms with E-state index in [1.54, 1.807) is 19.1 Å². The van der Waals surface area contributed by atoms with E-state index < -0.39 is 18.3 Å². The molecule has 1 aliphatic rings. The average molecular weight is 182 g/mol. The lowest BCUT2D eigenvalue weighted by atomic mass is 9.92. The second kappa shape index (κ2) is 3.87. The van der Waals surface area contributed by atoms with Gasteiger partial charge in [-0.2, -0.15) is 0 Å². The van der Waals surface area contributed by atoms with E-state index in [1.807, 2.05) is 0 Å². The van der Waals surface area contributed by atoms with Crippen LogP contribution >= 0.6 is 0 Å². The lowest BCUT2D eigenvalue weighted by molar-refractivity contribution is 0.0560. The zero-order valence-corrected chi connectivity index (χ0v) is 7.51. The fourth-order valence-corrected chi connectivity index (χ4v) is 1.22. The van der Waals surface area contributed by atoms with E-state index in [-0.39, 0.29) is 0 Å². The van der Waals surface area contributed by atoms with Gasteiger partial charge in [0.2, 0.25) is 0 Å². The molecule has 0 saturated heterocycles. The highest BCUT2D eigenvalue weighted by atomic mass is 16.3. The van der Waals surface area contributed by atoms with Gasteiger partial charge in [0.25, 0.3) is 0 Å². The van der Waals surface area contributed by atoms with Crippen molar-refractivity contribution in [3.05, 3.63) is 36.0 Å². The van der Waals surface area contributed by atoms with Crippen LogP contribution in [-0.4, -0.2) is 33.6 Å². The maximum absolute atomic E-state index is 9.57. The number of hydrogen-bond acceptors (Lipinski definition) is 3. The van der Waals surface area contributed by atoms with Crippen molar-refractivity contribution in [2.75, 3.05) is 0 Å². The van der Waals surface area contributed by atoms with Gasteiger partial charge in [0.1, 0.15) is 12.2 Å². The van der Waals surface area contributed by atoms with Crippen molar-refractivity contribution in [1.29, 1.82) is 0 Å². The van der Waals surface area contributed by atoms with Crippen LogP contribution in [0.4, 0.5) is 0 Å². The van der Waals surface area contributed by atoms with Crippen LogP contribution in [-0.2, 0) is 0 Å². The molecule has 1 aliphatic carbocycles. The van der Waals surface area contributed by atoms with Crippen molar-refractivity contribution >= 4 is 0 Å². The zero-order valence-electron chi connectivity index (χ0n) is 7.51. The van der Waals surface area contributed by atoms with Gasteiger partial charge in [0.15, 0.2) is 0 Å². The van der Waals surface area contributed by atoms with Crippen LogP contribution < -0.4 is 0 Å². The third-order valence-electron chi connectivity index (χ3n) is 2.04. The first-order valence-corrected chi connectivity index (χ1v) is 4.12. The summed E-state index contributed by atoms with van der Waals surface area (Å²) >= 11 is 0. The summed E-state index contributed by atoms with van der Waals surface area (Å²) in [5, 5.41) is 28.3. The molecule has 0 bridgehead atoms. The van der Waals surface area contributed by atoms with E-state index in [0.717, 1.165) is 0 Å². The van der Waals surface area contributed by atoms with E-state index >= 15 is 0 Å². The van der Waals surface area contributed by atoms with Crippen molar-refractivity contribution in [2.24, 2.45) is 0 Å². The number of aliphatic hydroxyl groups is 3. The first kappa shape index (κ1) is 10.2. The molecule has 0 spiro atoms. The molecule has 0 unspecified atom stereocenters. The summed E-state index contributed by atoms with van der Waals surface area (Å²) in [5.41, 5.74) is 0.940. The largest absolute Gasteiger partial charge is 0.386 e. The molecule has 13 heavy (non-hydrogen) atoms. The molecule has 0 amide bonds. The Labute approximate surface area is 77.3 Å². The molecule has 0 heterocycles. The van der Waals surface area contributed by atoms with Crippen LogP contribution in [0.2, 0.25) is 0 Å². The van der Waals surface area contributed by atoms with Crippen LogP contribution in [0.25, 0.3) is 0 Å². The highest BCUT2D eigenvalue weighted by Crippen LogP contribution is 2.20. The highest BCUT2D eigenvalue weighted by molar-refractivity contribution is 5.32. The van der Waals surface area contributed by atoms with E-state index in [2.05, 4.69) is 6.58 Å². The Hall–Kier alpha value is -0.900. The van der Waals surface area contributed by atoms with Gasteiger partial charge in [-0.15, -0.1) is 0 Å². The normalized spacial score (nSPS) is 29.7. The zero-order chi connectivity index (χ0) is 10.0. The van der Waals surface area contributed by atoms with Gasteiger partial charge in [0.05, 0.1) is 6.10 Å². The molecule has 0 aromatic rings. The van der Waals surface area contributed by atoms with Gasteiger partial charge in [-0.1, -0.05) is 24.8 Å². The average Bonchev–Trinajstić information content (AvgIpc) is 2.08. The molecule has 0 aromatic heterocycles. The summed E-state index contributed by atoms with van der Waals surface area (Å²) < 4.78 is 0. The maximum atomic E-state index is 9.57. The number of rotatable bonds is 2. The molecule has 0 radical (unpaired) electrons. The van der Waals surface area contributed by atoms with Gasteiger partial charge in [-0.3, -0.25) is 0 Å². The van der Waals surface area contributed by atoms with Gasteiger partial charge in [-0.25, -0.2) is 0 Å². The van der Waals surface area contributed by atoms with Crippen LogP contribution in [0.1, 0.15) is 6.92 Å². The van der Waals surface area contributed by atoms with Gasteiger partial charge in [-0.05, 0) is 18.1 Å². The molecular formula is C10H14O3. The van der Waals surface area contributed by atoms with Crippen molar-refractivity contribution in [2.45, 2.75) is 25.2 Å². The van der Waals surface area contributed by atoms with E-state index in [4.69, 9.17) is 0 Å². The van der Waals surface area contributed by atoms with Crippen LogP contribution in [0.3, 0.4) is 0 Å². The quantitative estimate of drug-likeness (QED) is 0.532. The Bertz CT molecular complexity index is 265. The topological polar surface area (TPSA) is 60.7 Å². The van der Waals surface area contributed by atoms with Crippen LogP contribution in [0.5, 0.6) is 0 Å². The summed E-state index contributed by atoms with van der Waals surface area (Å²) in [6.07, 6.45) is 1.83. The maximum Gasteiger partial charge on any atom is 0.108 e. The standard InChI is InChI=1S/C10H14O3/c1-6(2)9(12)7-4-3-5-8(11)10(7)13/h3-5,8-13H,1H2,2H3/t8-,9-,10+/m0/s1. The van der Waals surface area contributed by atoms with Crippen LogP contribution in [0.15, 0.2) is 36.0 Å². The van der Waals surface area contributed by atoms with Crippen LogP contribution in [0, 0.1) is 0 Å². The second-order valence-electron chi connectivity index (χ2n) is 3.24. The lowest BCUT2D eigenvalue weighted by Crippen LogP contribution is -2.33. The summed E-state index contributed by atoms with van der Waals surface area (Å²) in [7, 11) is 0. The van der Waals surface area contributed by atoms with E-state index in [9.17, 15) is 15.3 Å². The minimum atomic E-state index is -1.03. The second-order valence-corrected chi connectivity index (χ2v) is 3.24.